The molecule has 0 fully saturated rings. The smallest absolute Gasteiger partial charge is 0.342 e. The zero-order valence-electron chi connectivity index (χ0n) is 13.7. The maximum atomic E-state index is 14.1. The van der Waals surface area contributed by atoms with Gasteiger partial charge < -0.3 is 9.47 Å². The Bertz CT molecular complexity index is 790. The van der Waals surface area contributed by atoms with Crippen LogP contribution in [0.15, 0.2) is 45.7 Å². The molecule has 1 unspecified atom stereocenters. The Morgan fingerprint density at radius 1 is 1.32 bits per heavy atom. The van der Waals surface area contributed by atoms with E-state index in [0.29, 0.717) is 10.6 Å². The predicted molar refractivity (Wildman–Crippen MR) is 90.4 cm³/mol. The number of halogens is 2. The molecule has 132 valence electrons. The lowest BCUT2D eigenvalue weighted by molar-refractivity contribution is -0.135. The van der Waals surface area contributed by atoms with Crippen molar-refractivity contribution in [1.82, 2.24) is 5.01 Å². The standard InChI is InChI=1S/C16H15F2N3O3S/c1-9-14(10(7-23-2)15(22)24-3)25-16-20(8-19-21(9)16)13-11(17)5-4-6-12(13)18/h4-8,16H,1-3H3. The molecular weight excluding hydrogens is 352 g/mol. The summed E-state index contributed by atoms with van der Waals surface area (Å²) in [6.07, 6.45) is 2.63. The molecule has 1 aromatic carbocycles. The maximum absolute atomic E-state index is 14.1. The fraction of sp³-hybridized carbons (Fsp3) is 0.250. The number of allylic oxidation sites excluding steroid dienone is 1. The van der Waals surface area contributed by atoms with Crippen LogP contribution in [-0.4, -0.2) is 37.0 Å². The largest absolute Gasteiger partial charge is 0.503 e. The first-order chi connectivity index (χ1) is 12.0. The number of fused-ring (bicyclic) bond motifs is 1. The highest BCUT2D eigenvalue weighted by atomic mass is 32.2. The number of thioether (sulfide) groups is 1. The molecule has 9 heteroatoms. The van der Waals surface area contributed by atoms with Crippen LogP contribution in [0.3, 0.4) is 0 Å². The summed E-state index contributed by atoms with van der Waals surface area (Å²) in [6.45, 7) is 1.76. The average Bonchev–Trinajstić information content (AvgIpc) is 3.13. The zero-order chi connectivity index (χ0) is 18.1. The number of anilines is 1. The number of hydrogen-bond donors (Lipinski definition) is 0. The molecule has 0 radical (unpaired) electrons. The van der Waals surface area contributed by atoms with Gasteiger partial charge in [0.05, 0.1) is 26.2 Å². The maximum Gasteiger partial charge on any atom is 0.342 e. The number of nitrogens with zero attached hydrogens (tertiary/aromatic N) is 3. The van der Waals surface area contributed by atoms with Crippen molar-refractivity contribution in [2.24, 2.45) is 5.10 Å². The van der Waals surface area contributed by atoms with E-state index in [9.17, 15) is 13.6 Å². The normalized spacial score (nSPS) is 19.6. The second-order valence-corrected chi connectivity index (χ2v) is 6.24. The van der Waals surface area contributed by atoms with Crippen molar-refractivity contribution in [3.63, 3.8) is 0 Å². The summed E-state index contributed by atoms with van der Waals surface area (Å²) in [5, 5.41) is 5.78. The second-order valence-electron chi connectivity index (χ2n) is 5.17. The fourth-order valence-electron chi connectivity index (χ4n) is 2.58. The third-order valence-corrected chi connectivity index (χ3v) is 5.11. The molecule has 1 aromatic rings. The average molecular weight is 367 g/mol. The van der Waals surface area contributed by atoms with E-state index in [0.717, 1.165) is 0 Å². The molecule has 25 heavy (non-hydrogen) atoms. The SMILES string of the molecule is COC=C(C(=O)OC)C1=C(C)N2N=CN(c3c(F)cccc3F)C2S1. The quantitative estimate of drug-likeness (QED) is 0.463. The summed E-state index contributed by atoms with van der Waals surface area (Å²) < 4.78 is 38.0. The molecule has 3 rings (SSSR count). The predicted octanol–water partition coefficient (Wildman–Crippen LogP) is 3.00. The van der Waals surface area contributed by atoms with Crippen LogP contribution in [0, 0.1) is 11.6 Å². The number of rotatable bonds is 4. The third-order valence-electron chi connectivity index (χ3n) is 3.72. The van der Waals surface area contributed by atoms with Crippen molar-refractivity contribution < 1.29 is 23.0 Å². The van der Waals surface area contributed by atoms with Gasteiger partial charge >= 0.3 is 5.97 Å². The number of carbonyl (C=O) groups excluding carboxylic acids is 1. The lowest BCUT2D eigenvalue weighted by Gasteiger charge is -2.25. The number of ether oxygens (including phenoxy) is 2. The number of esters is 1. The van der Waals surface area contributed by atoms with Crippen molar-refractivity contribution in [2.45, 2.75) is 12.4 Å². The lowest BCUT2D eigenvalue weighted by atomic mass is 10.2. The highest BCUT2D eigenvalue weighted by molar-refractivity contribution is 8.04. The summed E-state index contributed by atoms with van der Waals surface area (Å²) in [7, 11) is 2.68. The lowest BCUT2D eigenvalue weighted by Crippen LogP contribution is -2.34. The van der Waals surface area contributed by atoms with Gasteiger partial charge in [-0.15, -0.1) is 0 Å². The topological polar surface area (TPSA) is 54.4 Å². The fourth-order valence-corrected chi connectivity index (χ4v) is 3.90. The van der Waals surface area contributed by atoms with Gasteiger partial charge in [0.15, 0.2) is 5.50 Å². The molecule has 0 aromatic heterocycles. The number of benzene rings is 1. The molecule has 0 amide bonds. The van der Waals surface area contributed by atoms with Gasteiger partial charge in [0, 0.05) is 4.91 Å². The monoisotopic (exact) mass is 367 g/mol. The van der Waals surface area contributed by atoms with E-state index >= 15 is 0 Å². The Morgan fingerprint density at radius 3 is 2.60 bits per heavy atom. The van der Waals surface area contributed by atoms with E-state index in [4.69, 9.17) is 9.47 Å². The summed E-state index contributed by atoms with van der Waals surface area (Å²) in [5.74, 6) is -1.96. The van der Waals surface area contributed by atoms with Crippen LogP contribution < -0.4 is 4.90 Å². The Kier molecular flexibility index (Phi) is 4.67. The Balaban J connectivity index is 1.96. The van der Waals surface area contributed by atoms with Crippen molar-refractivity contribution in [3.05, 3.63) is 52.3 Å². The zero-order valence-corrected chi connectivity index (χ0v) is 14.5. The van der Waals surface area contributed by atoms with E-state index < -0.39 is 23.1 Å². The van der Waals surface area contributed by atoms with Crippen LogP contribution in [-0.2, 0) is 14.3 Å². The molecule has 2 aliphatic rings. The Morgan fingerprint density at radius 2 is 2.00 bits per heavy atom. The third kappa shape index (κ3) is 2.84. The number of carbonyl (C=O) groups is 1. The van der Waals surface area contributed by atoms with Gasteiger partial charge in [0.1, 0.15) is 29.2 Å². The molecular formula is C16H15F2N3O3S. The van der Waals surface area contributed by atoms with Crippen LogP contribution in [0.5, 0.6) is 0 Å². The highest BCUT2D eigenvalue weighted by Gasteiger charge is 2.42. The molecule has 2 aliphatic heterocycles. The summed E-state index contributed by atoms with van der Waals surface area (Å²) in [4.78, 5) is 14.0. The molecule has 6 nitrogen and oxygen atoms in total. The summed E-state index contributed by atoms with van der Waals surface area (Å²) >= 11 is 1.23. The van der Waals surface area contributed by atoms with Crippen LogP contribution in [0.1, 0.15) is 6.92 Å². The molecule has 0 saturated carbocycles. The molecule has 0 bridgehead atoms. The van der Waals surface area contributed by atoms with Crippen molar-refractivity contribution in [2.75, 3.05) is 19.1 Å². The van der Waals surface area contributed by atoms with E-state index in [-0.39, 0.29) is 11.3 Å². The van der Waals surface area contributed by atoms with Gasteiger partial charge in [0.25, 0.3) is 0 Å². The van der Waals surface area contributed by atoms with E-state index in [1.54, 1.807) is 11.9 Å². The molecule has 0 saturated heterocycles. The second kappa shape index (κ2) is 6.75. The summed E-state index contributed by atoms with van der Waals surface area (Å²) in [5.41, 5.74) is 0.118. The van der Waals surface area contributed by atoms with Crippen molar-refractivity contribution >= 4 is 29.8 Å². The number of para-hydroxylation sites is 1. The first kappa shape index (κ1) is 17.3. The van der Waals surface area contributed by atoms with Gasteiger partial charge in [-0.2, -0.15) is 5.10 Å². The van der Waals surface area contributed by atoms with Crippen molar-refractivity contribution in [1.29, 1.82) is 0 Å². The van der Waals surface area contributed by atoms with E-state index in [1.807, 2.05) is 0 Å². The minimum Gasteiger partial charge on any atom is -0.503 e. The van der Waals surface area contributed by atoms with Gasteiger partial charge in [0.2, 0.25) is 0 Å². The van der Waals surface area contributed by atoms with Gasteiger partial charge in [-0.05, 0) is 19.1 Å². The van der Waals surface area contributed by atoms with Crippen LogP contribution in [0.25, 0.3) is 0 Å². The first-order valence-corrected chi connectivity index (χ1v) is 8.12. The summed E-state index contributed by atoms with van der Waals surface area (Å²) in [6, 6.07) is 3.66. The molecule has 0 N–H and O–H groups in total. The van der Waals surface area contributed by atoms with Gasteiger partial charge in [-0.25, -0.2) is 18.6 Å². The number of hydrogen-bond acceptors (Lipinski definition) is 7. The molecule has 1 atom stereocenters. The number of methoxy groups -OCH3 is 2. The van der Waals surface area contributed by atoms with Crippen LogP contribution in [0.4, 0.5) is 14.5 Å². The Hall–Kier alpha value is -2.55. The molecule has 0 aliphatic carbocycles. The van der Waals surface area contributed by atoms with Crippen molar-refractivity contribution in [3.8, 4) is 0 Å². The highest BCUT2D eigenvalue weighted by Crippen LogP contribution is 2.47. The van der Waals surface area contributed by atoms with Gasteiger partial charge in [-0.3, -0.25) is 4.90 Å². The number of hydrazone groups is 1. The molecule has 0 spiro atoms. The minimum atomic E-state index is -0.694. The van der Waals surface area contributed by atoms with E-state index in [1.165, 1.54) is 61.7 Å². The Labute approximate surface area is 147 Å². The minimum absolute atomic E-state index is 0.198. The first-order valence-electron chi connectivity index (χ1n) is 7.24. The van der Waals surface area contributed by atoms with Gasteiger partial charge in [-0.1, -0.05) is 17.8 Å². The van der Waals surface area contributed by atoms with E-state index in [2.05, 4.69) is 5.10 Å². The molecule has 2 heterocycles. The van der Waals surface area contributed by atoms with Crippen LogP contribution in [0.2, 0.25) is 0 Å². The van der Waals surface area contributed by atoms with Crippen LogP contribution >= 0.6 is 11.8 Å².